The molecule has 1 aromatic carbocycles. The molecule has 8 nitrogen and oxygen atoms in total. The molecule has 0 saturated carbocycles. The number of aromatic nitrogens is 6. The molecule has 142 valence electrons. The van der Waals surface area contributed by atoms with Gasteiger partial charge in [0.15, 0.2) is 5.82 Å². The lowest BCUT2D eigenvalue weighted by Crippen LogP contribution is -2.36. The summed E-state index contributed by atoms with van der Waals surface area (Å²) < 4.78 is 4.07. The highest BCUT2D eigenvalue weighted by Gasteiger charge is 2.29. The van der Waals surface area contributed by atoms with Crippen molar-refractivity contribution in [2.45, 2.75) is 32.9 Å². The Labute approximate surface area is 162 Å². The molecule has 0 bridgehead atoms. The minimum absolute atomic E-state index is 0.0967. The molecule has 0 amide bonds. The van der Waals surface area contributed by atoms with Crippen molar-refractivity contribution in [3.8, 4) is 17.4 Å². The van der Waals surface area contributed by atoms with Crippen LogP contribution in [0.1, 0.15) is 31.0 Å². The monoisotopic (exact) mass is 375 g/mol. The molecule has 8 heteroatoms. The van der Waals surface area contributed by atoms with Crippen LogP contribution in [0.4, 0.5) is 5.95 Å². The number of hydrogen-bond acceptors (Lipinski definition) is 6. The van der Waals surface area contributed by atoms with Crippen molar-refractivity contribution in [1.29, 1.82) is 0 Å². The van der Waals surface area contributed by atoms with E-state index in [1.807, 2.05) is 22.7 Å². The first kappa shape index (κ1) is 16.7. The third kappa shape index (κ3) is 2.45. The van der Waals surface area contributed by atoms with E-state index in [2.05, 4.69) is 43.5 Å². The van der Waals surface area contributed by atoms with E-state index in [-0.39, 0.29) is 6.04 Å². The number of nitrogens with zero attached hydrogens (tertiary/aromatic N) is 7. The van der Waals surface area contributed by atoms with Crippen LogP contribution in [0, 0.1) is 0 Å². The van der Waals surface area contributed by atoms with Crippen LogP contribution in [0.2, 0.25) is 0 Å². The molecule has 0 aliphatic carbocycles. The maximum atomic E-state index is 9.93. The Bertz CT molecular complexity index is 1160. The summed E-state index contributed by atoms with van der Waals surface area (Å²) in [5.41, 5.74) is 3.33. The molecule has 3 aromatic heterocycles. The summed E-state index contributed by atoms with van der Waals surface area (Å²) in [6, 6.07) is 5.72. The molecule has 1 unspecified atom stereocenters. The maximum Gasteiger partial charge on any atom is 0.228 e. The smallest absolute Gasteiger partial charge is 0.228 e. The summed E-state index contributed by atoms with van der Waals surface area (Å²) in [6.45, 7) is 5.81. The zero-order chi connectivity index (χ0) is 19.3. The van der Waals surface area contributed by atoms with Gasteiger partial charge in [-0.2, -0.15) is 0 Å². The van der Waals surface area contributed by atoms with Crippen LogP contribution in [0.15, 0.2) is 43.0 Å². The summed E-state index contributed by atoms with van der Waals surface area (Å²) >= 11 is 0. The van der Waals surface area contributed by atoms with Crippen LogP contribution in [-0.4, -0.2) is 40.8 Å². The first-order valence-corrected chi connectivity index (χ1v) is 9.46. The lowest BCUT2D eigenvalue weighted by atomic mass is 9.93. The third-order valence-corrected chi connectivity index (χ3v) is 5.51. The largest absolute Gasteiger partial charge is 0.508 e. The van der Waals surface area contributed by atoms with Gasteiger partial charge in [-0.3, -0.25) is 14.0 Å². The molecule has 1 aliphatic rings. The predicted molar refractivity (Wildman–Crippen MR) is 105 cm³/mol. The summed E-state index contributed by atoms with van der Waals surface area (Å²) in [4.78, 5) is 10.9. The lowest BCUT2D eigenvalue weighted by molar-refractivity contribution is 0.471. The van der Waals surface area contributed by atoms with E-state index in [0.717, 1.165) is 48.2 Å². The zero-order valence-corrected chi connectivity index (χ0v) is 15.8. The van der Waals surface area contributed by atoms with Crippen molar-refractivity contribution >= 4 is 11.5 Å². The number of phenols is 1. The average molecular weight is 375 g/mol. The van der Waals surface area contributed by atoms with Crippen molar-refractivity contribution < 1.29 is 5.11 Å². The quantitative estimate of drug-likeness (QED) is 0.593. The van der Waals surface area contributed by atoms with Crippen LogP contribution >= 0.6 is 0 Å². The Morgan fingerprint density at radius 1 is 1.18 bits per heavy atom. The summed E-state index contributed by atoms with van der Waals surface area (Å²) in [6.07, 6.45) is 8.10. The molecule has 28 heavy (non-hydrogen) atoms. The highest BCUT2D eigenvalue weighted by atomic mass is 16.3. The Kier molecular flexibility index (Phi) is 3.78. The third-order valence-electron chi connectivity index (χ3n) is 5.51. The molecule has 0 fully saturated rings. The predicted octanol–water partition coefficient (Wildman–Crippen LogP) is 2.84. The van der Waals surface area contributed by atoms with Crippen LogP contribution in [0.3, 0.4) is 0 Å². The molecule has 1 N–H and O–H groups in total. The highest BCUT2D eigenvalue weighted by molar-refractivity contribution is 5.58. The molecule has 4 aromatic rings. The second kappa shape index (κ2) is 6.33. The molecule has 0 spiro atoms. The summed E-state index contributed by atoms with van der Waals surface area (Å²) in [5.74, 6) is 2.60. The lowest BCUT2D eigenvalue weighted by Gasteiger charge is -2.36. The minimum atomic E-state index is 0.0967. The Morgan fingerprint density at radius 2 is 2.07 bits per heavy atom. The average Bonchev–Trinajstić information content (AvgIpc) is 3.32. The van der Waals surface area contributed by atoms with E-state index in [4.69, 9.17) is 0 Å². The fourth-order valence-corrected chi connectivity index (χ4v) is 4.05. The van der Waals surface area contributed by atoms with Gasteiger partial charge in [-0.25, -0.2) is 4.98 Å². The van der Waals surface area contributed by atoms with E-state index in [1.54, 1.807) is 24.7 Å². The number of aromatic hydroxyl groups is 1. The molecule has 1 aliphatic heterocycles. The molecule has 0 radical (unpaired) electrons. The van der Waals surface area contributed by atoms with Crippen molar-refractivity contribution in [3.05, 3.63) is 54.1 Å². The molecular formula is C20H21N7O. The number of anilines is 1. The summed E-state index contributed by atoms with van der Waals surface area (Å²) in [5, 5.41) is 18.9. The maximum absolute atomic E-state index is 9.93. The molecule has 4 heterocycles. The zero-order valence-electron chi connectivity index (χ0n) is 15.8. The SMILES string of the molecule is CCn1c(-c2ncc3cnccn23)nnc1N1CCc2ccc(O)cc2C1C. The van der Waals surface area contributed by atoms with Crippen LogP contribution < -0.4 is 4.90 Å². The van der Waals surface area contributed by atoms with Gasteiger partial charge < -0.3 is 10.0 Å². The van der Waals surface area contributed by atoms with Gasteiger partial charge in [0.05, 0.1) is 24.0 Å². The van der Waals surface area contributed by atoms with E-state index < -0.39 is 0 Å². The van der Waals surface area contributed by atoms with Gasteiger partial charge in [-0.1, -0.05) is 6.07 Å². The fourth-order valence-electron chi connectivity index (χ4n) is 4.05. The topological polar surface area (TPSA) is 84.4 Å². The highest BCUT2D eigenvalue weighted by Crippen LogP contribution is 2.35. The Morgan fingerprint density at radius 3 is 2.93 bits per heavy atom. The summed E-state index contributed by atoms with van der Waals surface area (Å²) in [7, 11) is 0. The van der Waals surface area contributed by atoms with Crippen molar-refractivity contribution in [3.63, 3.8) is 0 Å². The molecular weight excluding hydrogens is 354 g/mol. The molecule has 0 saturated heterocycles. The second-order valence-corrected chi connectivity index (χ2v) is 7.02. The number of imidazole rings is 1. The van der Waals surface area contributed by atoms with Gasteiger partial charge >= 0.3 is 0 Å². The van der Waals surface area contributed by atoms with Crippen molar-refractivity contribution in [2.24, 2.45) is 0 Å². The number of benzene rings is 1. The minimum Gasteiger partial charge on any atom is -0.508 e. The van der Waals surface area contributed by atoms with E-state index in [0.29, 0.717) is 5.75 Å². The van der Waals surface area contributed by atoms with Gasteiger partial charge in [-0.15, -0.1) is 10.2 Å². The first-order chi connectivity index (χ1) is 13.7. The fraction of sp³-hybridized carbons (Fsp3) is 0.300. The number of fused-ring (bicyclic) bond motifs is 2. The first-order valence-electron chi connectivity index (χ1n) is 9.46. The van der Waals surface area contributed by atoms with Crippen LogP contribution in [0.25, 0.3) is 17.2 Å². The molecule has 1 atom stereocenters. The van der Waals surface area contributed by atoms with Gasteiger partial charge in [0.25, 0.3) is 0 Å². The van der Waals surface area contributed by atoms with Crippen molar-refractivity contribution in [2.75, 3.05) is 11.4 Å². The van der Waals surface area contributed by atoms with Gasteiger partial charge in [0.1, 0.15) is 5.75 Å². The van der Waals surface area contributed by atoms with Gasteiger partial charge in [0.2, 0.25) is 11.8 Å². The Hall–Kier alpha value is -3.42. The van der Waals surface area contributed by atoms with E-state index in [1.165, 1.54) is 5.56 Å². The van der Waals surface area contributed by atoms with Crippen LogP contribution in [0.5, 0.6) is 5.75 Å². The Balaban J connectivity index is 1.59. The van der Waals surface area contributed by atoms with Crippen LogP contribution in [-0.2, 0) is 13.0 Å². The number of rotatable bonds is 3. The standard InChI is InChI=1S/C20H21N7O/c1-3-25-19(18-22-12-15-11-21-7-9-27(15)18)23-24-20(25)26-8-6-14-4-5-16(28)10-17(14)13(26)2/h4-5,7,9-13,28H,3,6,8H2,1-2H3. The van der Waals surface area contributed by atoms with Gasteiger partial charge in [-0.05, 0) is 43.5 Å². The van der Waals surface area contributed by atoms with Gasteiger partial charge in [0, 0.05) is 25.5 Å². The van der Waals surface area contributed by atoms with E-state index >= 15 is 0 Å². The normalized spacial score (nSPS) is 16.5. The number of hydrogen-bond donors (Lipinski definition) is 1. The van der Waals surface area contributed by atoms with Crippen molar-refractivity contribution in [1.82, 2.24) is 29.1 Å². The second-order valence-electron chi connectivity index (χ2n) is 7.02. The van der Waals surface area contributed by atoms with E-state index in [9.17, 15) is 5.11 Å². The molecule has 5 rings (SSSR count). The number of phenolic OH excluding ortho intramolecular Hbond substituents is 1.